The van der Waals surface area contributed by atoms with Gasteiger partial charge in [-0.05, 0) is 43.0 Å². The van der Waals surface area contributed by atoms with Crippen molar-refractivity contribution in [3.8, 4) is 0 Å². The van der Waals surface area contributed by atoms with E-state index in [-0.39, 0.29) is 11.9 Å². The maximum atomic E-state index is 12.5. The third kappa shape index (κ3) is 3.57. The fraction of sp³-hybridized carbons (Fsp3) is 0.562. The Hall–Kier alpha value is -1.52. The van der Waals surface area contributed by atoms with Gasteiger partial charge < -0.3 is 4.90 Å². The molecule has 2 rings (SSSR count). The van der Waals surface area contributed by atoms with Crippen LogP contribution >= 0.6 is 0 Å². The van der Waals surface area contributed by atoms with E-state index in [4.69, 9.17) is 0 Å². The van der Waals surface area contributed by atoms with Crippen LogP contribution in [0.3, 0.4) is 0 Å². The molecule has 0 bridgehead atoms. The molecule has 1 aromatic carbocycles. The number of hydrogen-bond donors (Lipinski definition) is 0. The lowest BCUT2D eigenvalue weighted by Gasteiger charge is -2.36. The van der Waals surface area contributed by atoms with Gasteiger partial charge in [-0.15, -0.1) is 0 Å². The topological polar surface area (TPSA) is 20.3 Å². The number of alkyl halides is 3. The van der Waals surface area contributed by atoms with E-state index >= 15 is 0 Å². The van der Waals surface area contributed by atoms with Crippen LogP contribution in [0.5, 0.6) is 0 Å². The number of hydrogen-bond acceptors (Lipinski definition) is 1. The molecular weight excluding hydrogens is 279 g/mol. The highest BCUT2D eigenvalue weighted by Crippen LogP contribution is 2.30. The predicted octanol–water partition coefficient (Wildman–Crippen LogP) is 4.36. The van der Waals surface area contributed by atoms with Crippen molar-refractivity contribution in [1.82, 2.24) is 4.90 Å². The number of nitrogens with zero attached hydrogens (tertiary/aromatic N) is 1. The Morgan fingerprint density at radius 2 is 1.71 bits per heavy atom. The van der Waals surface area contributed by atoms with Crippen molar-refractivity contribution in [2.24, 2.45) is 5.92 Å². The average molecular weight is 299 g/mol. The van der Waals surface area contributed by atoms with Crippen molar-refractivity contribution in [1.29, 1.82) is 0 Å². The van der Waals surface area contributed by atoms with Crippen LogP contribution in [0.1, 0.15) is 48.5 Å². The number of amides is 1. The Morgan fingerprint density at radius 1 is 1.14 bits per heavy atom. The highest BCUT2D eigenvalue weighted by atomic mass is 19.4. The molecule has 0 radical (unpaired) electrons. The van der Waals surface area contributed by atoms with Gasteiger partial charge in [0.1, 0.15) is 0 Å². The second kappa shape index (κ2) is 6.08. The van der Waals surface area contributed by atoms with E-state index in [0.29, 0.717) is 11.5 Å². The summed E-state index contributed by atoms with van der Waals surface area (Å²) in [6.45, 7) is 2.13. The molecule has 1 saturated carbocycles. The second-order valence-corrected chi connectivity index (χ2v) is 5.82. The van der Waals surface area contributed by atoms with Crippen molar-refractivity contribution < 1.29 is 18.0 Å². The van der Waals surface area contributed by atoms with Gasteiger partial charge in [0, 0.05) is 18.7 Å². The van der Waals surface area contributed by atoms with Crippen LogP contribution in [0.15, 0.2) is 24.3 Å². The molecule has 0 aliphatic heterocycles. The molecule has 0 heterocycles. The van der Waals surface area contributed by atoms with Crippen molar-refractivity contribution in [2.45, 2.75) is 44.8 Å². The van der Waals surface area contributed by atoms with E-state index in [1.54, 1.807) is 11.9 Å². The zero-order valence-corrected chi connectivity index (χ0v) is 12.3. The maximum Gasteiger partial charge on any atom is 0.416 e. The van der Waals surface area contributed by atoms with Crippen LogP contribution in [-0.4, -0.2) is 23.9 Å². The molecular formula is C16H20F3NO. The molecule has 21 heavy (non-hydrogen) atoms. The Balaban J connectivity index is 2.12. The summed E-state index contributed by atoms with van der Waals surface area (Å²) in [6.07, 6.45) is -0.0374. The molecule has 2 atom stereocenters. The lowest BCUT2D eigenvalue weighted by Crippen LogP contribution is -2.42. The van der Waals surface area contributed by atoms with Crippen LogP contribution in [0.2, 0.25) is 0 Å². The van der Waals surface area contributed by atoms with Crippen molar-refractivity contribution in [3.63, 3.8) is 0 Å². The minimum atomic E-state index is -4.37. The third-order valence-electron chi connectivity index (χ3n) is 4.34. The summed E-state index contributed by atoms with van der Waals surface area (Å²) in [4.78, 5) is 14.1. The molecule has 2 unspecified atom stereocenters. The zero-order valence-electron chi connectivity index (χ0n) is 12.3. The van der Waals surface area contributed by atoms with E-state index in [9.17, 15) is 18.0 Å². The number of carbonyl (C=O) groups excluding carboxylic acids is 1. The predicted molar refractivity (Wildman–Crippen MR) is 75.0 cm³/mol. The minimum absolute atomic E-state index is 0.175. The third-order valence-corrected chi connectivity index (χ3v) is 4.34. The molecule has 1 aliphatic rings. The van der Waals surface area contributed by atoms with Crippen LogP contribution in [0, 0.1) is 5.92 Å². The summed E-state index contributed by atoms with van der Waals surface area (Å²) < 4.78 is 37.6. The van der Waals surface area contributed by atoms with Gasteiger partial charge in [0.05, 0.1) is 5.56 Å². The molecule has 0 spiro atoms. The minimum Gasteiger partial charge on any atom is -0.338 e. The number of benzene rings is 1. The Bertz CT molecular complexity index is 495. The largest absolute Gasteiger partial charge is 0.416 e. The summed E-state index contributed by atoms with van der Waals surface area (Å²) in [7, 11) is 1.74. The van der Waals surface area contributed by atoms with E-state index in [1.165, 1.54) is 18.6 Å². The van der Waals surface area contributed by atoms with Crippen molar-refractivity contribution in [3.05, 3.63) is 35.4 Å². The standard InChI is InChI=1S/C16H20F3NO/c1-11-5-3-4-6-14(11)20(2)15(21)12-7-9-13(10-8-12)16(17,18)19/h7-11,14H,3-6H2,1-2H3. The van der Waals surface area contributed by atoms with E-state index in [0.717, 1.165) is 31.4 Å². The smallest absolute Gasteiger partial charge is 0.338 e. The monoisotopic (exact) mass is 299 g/mol. The molecule has 5 heteroatoms. The molecule has 0 saturated heterocycles. The fourth-order valence-corrected chi connectivity index (χ4v) is 3.03. The Labute approximate surface area is 122 Å². The fourth-order valence-electron chi connectivity index (χ4n) is 3.03. The maximum absolute atomic E-state index is 12.5. The molecule has 116 valence electrons. The van der Waals surface area contributed by atoms with Crippen molar-refractivity contribution in [2.75, 3.05) is 7.05 Å². The molecule has 1 aliphatic carbocycles. The summed E-state index contributed by atoms with van der Waals surface area (Å²) in [5, 5.41) is 0. The normalized spacial score (nSPS) is 22.9. The first-order chi connectivity index (χ1) is 9.80. The van der Waals surface area contributed by atoms with E-state index in [1.807, 2.05) is 0 Å². The van der Waals surface area contributed by atoms with Crippen LogP contribution in [0.25, 0.3) is 0 Å². The molecule has 2 nitrogen and oxygen atoms in total. The Morgan fingerprint density at radius 3 is 2.24 bits per heavy atom. The van der Waals surface area contributed by atoms with Gasteiger partial charge in [-0.1, -0.05) is 19.8 Å². The molecule has 1 fully saturated rings. The second-order valence-electron chi connectivity index (χ2n) is 5.82. The SMILES string of the molecule is CC1CCCCC1N(C)C(=O)c1ccc(C(F)(F)F)cc1. The summed E-state index contributed by atoms with van der Waals surface area (Å²) in [5.41, 5.74) is -0.420. The highest BCUT2D eigenvalue weighted by molar-refractivity contribution is 5.94. The van der Waals surface area contributed by atoms with Crippen LogP contribution in [0.4, 0.5) is 13.2 Å². The van der Waals surface area contributed by atoms with Gasteiger partial charge >= 0.3 is 6.18 Å². The highest BCUT2D eigenvalue weighted by Gasteiger charge is 2.31. The lowest BCUT2D eigenvalue weighted by molar-refractivity contribution is -0.137. The van der Waals surface area contributed by atoms with E-state index < -0.39 is 11.7 Å². The van der Waals surface area contributed by atoms with Gasteiger partial charge in [-0.25, -0.2) is 0 Å². The Kier molecular flexibility index (Phi) is 4.59. The number of rotatable bonds is 2. The summed E-state index contributed by atoms with van der Waals surface area (Å²) >= 11 is 0. The lowest BCUT2D eigenvalue weighted by atomic mass is 9.85. The van der Waals surface area contributed by atoms with Gasteiger partial charge in [0.2, 0.25) is 0 Å². The van der Waals surface area contributed by atoms with Gasteiger partial charge in [0.15, 0.2) is 0 Å². The first kappa shape index (κ1) is 15.9. The van der Waals surface area contributed by atoms with Crippen LogP contribution < -0.4 is 0 Å². The number of halogens is 3. The van der Waals surface area contributed by atoms with Crippen molar-refractivity contribution >= 4 is 5.91 Å². The molecule has 0 N–H and O–H groups in total. The first-order valence-corrected chi connectivity index (χ1v) is 7.25. The summed E-state index contributed by atoms with van der Waals surface area (Å²) in [5.74, 6) is 0.227. The van der Waals surface area contributed by atoms with E-state index in [2.05, 4.69) is 6.92 Å². The van der Waals surface area contributed by atoms with Gasteiger partial charge in [-0.2, -0.15) is 13.2 Å². The quantitative estimate of drug-likeness (QED) is 0.794. The zero-order chi connectivity index (χ0) is 15.6. The molecule has 1 aromatic rings. The molecule has 0 aromatic heterocycles. The number of carbonyl (C=O) groups is 1. The van der Waals surface area contributed by atoms with Crippen LogP contribution in [-0.2, 0) is 6.18 Å². The molecule has 1 amide bonds. The van der Waals surface area contributed by atoms with Gasteiger partial charge in [0.25, 0.3) is 5.91 Å². The summed E-state index contributed by atoms with van der Waals surface area (Å²) in [6, 6.07) is 4.62. The van der Waals surface area contributed by atoms with Gasteiger partial charge in [-0.3, -0.25) is 4.79 Å². The first-order valence-electron chi connectivity index (χ1n) is 7.25. The average Bonchev–Trinajstić information content (AvgIpc) is 2.45.